The lowest BCUT2D eigenvalue weighted by atomic mass is 10.1. The number of hydrogen-bond donors (Lipinski definition) is 0. The first-order chi connectivity index (χ1) is 15.3. The van der Waals surface area contributed by atoms with Crippen molar-refractivity contribution < 1.29 is 21.6 Å². The lowest BCUT2D eigenvalue weighted by Gasteiger charge is -2.37. The molecule has 0 spiro atoms. The van der Waals surface area contributed by atoms with E-state index in [1.54, 1.807) is 43.3 Å². The van der Waals surface area contributed by atoms with Gasteiger partial charge in [0.2, 0.25) is 26.0 Å². The van der Waals surface area contributed by atoms with Gasteiger partial charge >= 0.3 is 0 Å². The molecule has 0 N–H and O–H groups in total. The second-order valence-electron chi connectivity index (χ2n) is 8.62. The Morgan fingerprint density at radius 3 is 1.85 bits per heavy atom. The molecule has 1 fully saturated rings. The van der Waals surface area contributed by atoms with Gasteiger partial charge in [-0.3, -0.25) is 9.10 Å². The van der Waals surface area contributed by atoms with Gasteiger partial charge in [0.25, 0.3) is 0 Å². The third-order valence-corrected chi connectivity index (χ3v) is 8.89. The van der Waals surface area contributed by atoms with Crippen LogP contribution >= 0.6 is 0 Å². The number of amides is 1. The lowest BCUT2D eigenvalue weighted by molar-refractivity contribution is -0.133. The Kier molecular flexibility index (Phi) is 7.21. The summed E-state index contributed by atoms with van der Waals surface area (Å²) in [5, 5.41) is 0. The normalized spacial score (nSPS) is 16.5. The van der Waals surface area contributed by atoms with Crippen LogP contribution in [0.5, 0.6) is 0 Å². The molecule has 1 amide bonds. The SMILES string of the molecule is Cc1ccc(S(=O)(=O)N2CCN(C(=O)C(C)N(c3cc(C)cc(C)c3)S(C)(=O)=O)CC2)cc1. The van der Waals surface area contributed by atoms with E-state index in [1.165, 1.54) is 9.21 Å². The van der Waals surface area contributed by atoms with Gasteiger partial charge in [-0.25, -0.2) is 16.8 Å². The fourth-order valence-electron chi connectivity index (χ4n) is 4.15. The van der Waals surface area contributed by atoms with E-state index in [0.717, 1.165) is 27.3 Å². The quantitative estimate of drug-likeness (QED) is 0.615. The maximum atomic E-state index is 13.2. The molecule has 3 rings (SSSR count). The van der Waals surface area contributed by atoms with Gasteiger partial charge in [-0.1, -0.05) is 23.8 Å². The Morgan fingerprint density at radius 2 is 1.36 bits per heavy atom. The zero-order valence-electron chi connectivity index (χ0n) is 19.6. The van der Waals surface area contributed by atoms with Crippen molar-refractivity contribution in [1.29, 1.82) is 0 Å². The molecular weight excluding hydrogens is 462 g/mol. The van der Waals surface area contributed by atoms with Crippen LogP contribution in [-0.2, 0) is 24.8 Å². The number of aryl methyl sites for hydroxylation is 3. The van der Waals surface area contributed by atoms with Crippen LogP contribution in [0.25, 0.3) is 0 Å². The fraction of sp³-hybridized carbons (Fsp3) is 0.435. The van der Waals surface area contributed by atoms with Gasteiger partial charge in [0.1, 0.15) is 6.04 Å². The number of sulfonamides is 2. The minimum Gasteiger partial charge on any atom is -0.338 e. The van der Waals surface area contributed by atoms with E-state index in [4.69, 9.17) is 0 Å². The average molecular weight is 494 g/mol. The molecule has 8 nitrogen and oxygen atoms in total. The van der Waals surface area contributed by atoms with Gasteiger partial charge in [-0.2, -0.15) is 4.31 Å². The molecule has 0 saturated carbocycles. The average Bonchev–Trinajstić information content (AvgIpc) is 2.72. The molecule has 1 aliphatic heterocycles. The first kappa shape index (κ1) is 25.2. The van der Waals surface area contributed by atoms with Gasteiger partial charge in [0.15, 0.2) is 0 Å². The van der Waals surface area contributed by atoms with Gasteiger partial charge in [0, 0.05) is 26.2 Å². The molecule has 180 valence electrons. The summed E-state index contributed by atoms with van der Waals surface area (Å²) in [5.41, 5.74) is 3.20. The van der Waals surface area contributed by atoms with Crippen molar-refractivity contribution in [2.45, 2.75) is 38.6 Å². The van der Waals surface area contributed by atoms with Crippen LogP contribution in [0.4, 0.5) is 5.69 Å². The van der Waals surface area contributed by atoms with E-state index in [0.29, 0.717) is 5.69 Å². The van der Waals surface area contributed by atoms with Crippen LogP contribution in [-0.4, -0.2) is 70.4 Å². The molecule has 1 heterocycles. The summed E-state index contributed by atoms with van der Waals surface area (Å²) in [6.45, 7) is 7.89. The Labute approximate surface area is 196 Å². The molecular formula is C23H31N3O5S2. The van der Waals surface area contributed by atoms with Crippen LogP contribution in [0.2, 0.25) is 0 Å². The molecule has 1 atom stereocenters. The number of anilines is 1. The Morgan fingerprint density at radius 1 is 0.848 bits per heavy atom. The maximum Gasteiger partial charge on any atom is 0.246 e. The van der Waals surface area contributed by atoms with Crippen molar-refractivity contribution in [3.05, 3.63) is 59.2 Å². The number of nitrogens with zero attached hydrogens (tertiary/aromatic N) is 3. The highest BCUT2D eigenvalue weighted by Crippen LogP contribution is 2.25. The van der Waals surface area contributed by atoms with Crippen LogP contribution in [0.3, 0.4) is 0 Å². The Hall–Kier alpha value is -2.43. The van der Waals surface area contributed by atoms with Crippen molar-refractivity contribution in [1.82, 2.24) is 9.21 Å². The Bertz CT molecular complexity index is 1210. The van der Waals surface area contributed by atoms with Crippen LogP contribution in [0, 0.1) is 20.8 Å². The van der Waals surface area contributed by atoms with Crippen molar-refractivity contribution >= 4 is 31.6 Å². The molecule has 1 unspecified atom stereocenters. The van der Waals surface area contributed by atoms with E-state index in [-0.39, 0.29) is 37.0 Å². The van der Waals surface area contributed by atoms with Crippen molar-refractivity contribution in [2.24, 2.45) is 0 Å². The first-order valence-corrected chi connectivity index (χ1v) is 14.0. The van der Waals surface area contributed by atoms with Crippen molar-refractivity contribution in [3.8, 4) is 0 Å². The van der Waals surface area contributed by atoms with Crippen LogP contribution in [0.1, 0.15) is 23.6 Å². The second kappa shape index (κ2) is 9.44. The number of carbonyl (C=O) groups excluding carboxylic acids is 1. The van der Waals surface area contributed by atoms with Crippen molar-refractivity contribution in [2.75, 3.05) is 36.7 Å². The van der Waals surface area contributed by atoms with E-state index in [2.05, 4.69) is 0 Å². The van der Waals surface area contributed by atoms with Gasteiger partial charge in [0.05, 0.1) is 16.8 Å². The second-order valence-corrected chi connectivity index (χ2v) is 12.4. The predicted molar refractivity (Wildman–Crippen MR) is 129 cm³/mol. The van der Waals surface area contributed by atoms with E-state index in [1.807, 2.05) is 26.8 Å². The summed E-state index contributed by atoms with van der Waals surface area (Å²) >= 11 is 0. The summed E-state index contributed by atoms with van der Waals surface area (Å²) in [6.07, 6.45) is 1.08. The first-order valence-electron chi connectivity index (χ1n) is 10.7. The maximum absolute atomic E-state index is 13.2. The molecule has 0 aromatic heterocycles. The summed E-state index contributed by atoms with van der Waals surface area (Å²) in [4.78, 5) is 15.0. The highest BCUT2D eigenvalue weighted by molar-refractivity contribution is 7.92. The zero-order chi connectivity index (χ0) is 24.6. The monoisotopic (exact) mass is 493 g/mol. The summed E-state index contributed by atoms with van der Waals surface area (Å²) in [7, 11) is -7.38. The predicted octanol–water partition coefficient (Wildman–Crippen LogP) is 2.30. The fourth-order valence-corrected chi connectivity index (χ4v) is 6.73. The van der Waals surface area contributed by atoms with E-state index < -0.39 is 26.1 Å². The summed E-state index contributed by atoms with van der Waals surface area (Å²) < 4.78 is 53.6. The highest BCUT2D eigenvalue weighted by atomic mass is 32.2. The smallest absolute Gasteiger partial charge is 0.246 e. The molecule has 0 bridgehead atoms. The number of carbonyl (C=O) groups is 1. The lowest BCUT2D eigenvalue weighted by Crippen LogP contribution is -2.56. The molecule has 10 heteroatoms. The number of piperazine rings is 1. The van der Waals surface area contributed by atoms with Crippen LogP contribution in [0.15, 0.2) is 47.4 Å². The van der Waals surface area contributed by atoms with E-state index in [9.17, 15) is 21.6 Å². The minimum atomic E-state index is -3.73. The number of rotatable bonds is 6. The minimum absolute atomic E-state index is 0.150. The Balaban J connectivity index is 1.76. The number of hydrogen-bond acceptors (Lipinski definition) is 5. The molecule has 2 aromatic carbocycles. The number of benzene rings is 2. The van der Waals surface area contributed by atoms with Gasteiger partial charge in [-0.05, 0) is 63.1 Å². The third kappa shape index (κ3) is 5.56. The highest BCUT2D eigenvalue weighted by Gasteiger charge is 2.35. The van der Waals surface area contributed by atoms with E-state index >= 15 is 0 Å². The van der Waals surface area contributed by atoms with Crippen molar-refractivity contribution in [3.63, 3.8) is 0 Å². The summed E-state index contributed by atoms with van der Waals surface area (Å²) in [6, 6.07) is 11.1. The summed E-state index contributed by atoms with van der Waals surface area (Å²) in [5.74, 6) is -0.355. The van der Waals surface area contributed by atoms with Crippen LogP contribution < -0.4 is 4.31 Å². The molecule has 1 saturated heterocycles. The molecule has 0 aliphatic carbocycles. The molecule has 0 radical (unpaired) electrons. The topological polar surface area (TPSA) is 95.1 Å². The molecule has 1 aliphatic rings. The van der Waals surface area contributed by atoms with Gasteiger partial charge < -0.3 is 4.90 Å². The standard InChI is InChI=1S/C23H31N3O5S2/c1-17-6-8-22(9-7-17)33(30,31)25-12-10-24(11-13-25)23(27)20(4)26(32(5,28)29)21-15-18(2)14-19(3)16-21/h6-9,14-16,20H,10-13H2,1-5H3. The van der Waals surface area contributed by atoms with Gasteiger partial charge in [-0.15, -0.1) is 0 Å². The largest absolute Gasteiger partial charge is 0.338 e. The molecule has 2 aromatic rings. The zero-order valence-corrected chi connectivity index (χ0v) is 21.3. The molecule has 33 heavy (non-hydrogen) atoms. The third-order valence-electron chi connectivity index (χ3n) is 5.74.